The van der Waals surface area contributed by atoms with E-state index in [4.69, 9.17) is 9.47 Å². The molecule has 1 heterocycles. The summed E-state index contributed by atoms with van der Waals surface area (Å²) >= 11 is 0. The lowest BCUT2D eigenvalue weighted by Gasteiger charge is -2.22. The van der Waals surface area contributed by atoms with E-state index >= 15 is 0 Å². The van der Waals surface area contributed by atoms with Crippen LogP contribution >= 0.6 is 0 Å². The number of hydrogen-bond donors (Lipinski definition) is 3. The Morgan fingerprint density at radius 2 is 1.60 bits per heavy atom. The fraction of sp³-hybridized carbons (Fsp3) is 0.244. The quantitative estimate of drug-likeness (QED) is 0.0605. The Morgan fingerprint density at radius 3 is 2.29 bits per heavy atom. The smallest absolute Gasteiger partial charge is 0.413 e. The Balaban J connectivity index is 1.34. The second-order valence-corrected chi connectivity index (χ2v) is 13.7. The lowest BCUT2D eigenvalue weighted by atomic mass is 10.0. The molecule has 3 N–H and O–H groups in total. The largest absolute Gasteiger partial charge is 0.459 e. The van der Waals surface area contributed by atoms with E-state index in [9.17, 15) is 29.3 Å². The first-order valence-electron chi connectivity index (χ1n) is 17.4. The monoisotopic (exact) mass is 746 g/mol. The molecular formula is C41H42N6O8. The molecule has 0 spiro atoms. The van der Waals surface area contributed by atoms with Crippen molar-refractivity contribution in [2.75, 3.05) is 17.2 Å². The minimum Gasteiger partial charge on any atom is -0.459 e. The van der Waals surface area contributed by atoms with Crippen molar-refractivity contribution in [2.45, 2.75) is 59.0 Å². The molecule has 4 aromatic carbocycles. The number of fused-ring (bicyclic) bond motifs is 1. The highest BCUT2D eigenvalue weighted by Crippen LogP contribution is 2.28. The van der Waals surface area contributed by atoms with Crippen LogP contribution in [0.1, 0.15) is 56.0 Å². The SMILES string of the molecule is CC(=O)N(CC(=O)OCc1ccccc1)Cc1ccc(C(Nc2ccc3c(NC(=O)OC(C)(C)C)nccc3c2)C(=O)NCc2cccc([N+](=O)[O-])c2)cc1. The highest BCUT2D eigenvalue weighted by atomic mass is 16.6. The minimum absolute atomic E-state index is 0.0355. The summed E-state index contributed by atoms with van der Waals surface area (Å²) in [4.78, 5) is 67.9. The fourth-order valence-electron chi connectivity index (χ4n) is 5.56. The second-order valence-electron chi connectivity index (χ2n) is 13.7. The normalized spacial score (nSPS) is 11.6. The topological polar surface area (TPSA) is 182 Å². The zero-order valence-electron chi connectivity index (χ0n) is 30.9. The summed E-state index contributed by atoms with van der Waals surface area (Å²) in [6.45, 7) is 6.69. The van der Waals surface area contributed by atoms with E-state index in [1.165, 1.54) is 24.0 Å². The minimum atomic E-state index is -0.928. The molecule has 5 aromatic rings. The van der Waals surface area contributed by atoms with E-state index in [-0.39, 0.29) is 37.8 Å². The van der Waals surface area contributed by atoms with Gasteiger partial charge in [0.2, 0.25) is 11.8 Å². The molecule has 14 heteroatoms. The maximum atomic E-state index is 13.8. The van der Waals surface area contributed by atoms with Crippen LogP contribution < -0.4 is 16.0 Å². The third-order valence-corrected chi connectivity index (χ3v) is 8.24. The zero-order chi connectivity index (χ0) is 39.5. The van der Waals surface area contributed by atoms with Gasteiger partial charge in [0, 0.05) is 49.4 Å². The zero-order valence-corrected chi connectivity index (χ0v) is 30.9. The molecule has 0 aliphatic rings. The molecule has 3 amide bonds. The van der Waals surface area contributed by atoms with Crippen LogP contribution in [0.5, 0.6) is 0 Å². The summed E-state index contributed by atoms with van der Waals surface area (Å²) in [5, 5.41) is 21.5. The van der Waals surface area contributed by atoms with Crippen LogP contribution in [0.2, 0.25) is 0 Å². The van der Waals surface area contributed by atoms with Gasteiger partial charge >= 0.3 is 12.1 Å². The van der Waals surface area contributed by atoms with Crippen LogP contribution in [0.25, 0.3) is 10.8 Å². The van der Waals surface area contributed by atoms with Crippen LogP contribution in [0.15, 0.2) is 109 Å². The molecule has 0 aliphatic carbocycles. The number of hydrogen-bond acceptors (Lipinski definition) is 10. The number of carbonyl (C=O) groups is 4. The first kappa shape index (κ1) is 39.4. The average Bonchev–Trinajstić information content (AvgIpc) is 3.15. The van der Waals surface area contributed by atoms with Gasteiger partial charge in [-0.3, -0.25) is 29.8 Å². The van der Waals surface area contributed by atoms with Gasteiger partial charge in [-0.15, -0.1) is 0 Å². The molecule has 0 aliphatic heterocycles. The summed E-state index contributed by atoms with van der Waals surface area (Å²) in [6.07, 6.45) is 0.904. The Kier molecular flexibility index (Phi) is 12.7. The van der Waals surface area contributed by atoms with Crippen LogP contribution in [0, 0.1) is 10.1 Å². The Morgan fingerprint density at radius 1 is 0.873 bits per heavy atom. The third-order valence-electron chi connectivity index (χ3n) is 8.24. The number of nitrogens with one attached hydrogen (secondary N) is 3. The third kappa shape index (κ3) is 11.6. The summed E-state index contributed by atoms with van der Waals surface area (Å²) in [7, 11) is 0. The number of amides is 3. The molecular weight excluding hydrogens is 704 g/mol. The van der Waals surface area contributed by atoms with Crippen molar-refractivity contribution in [1.82, 2.24) is 15.2 Å². The predicted molar refractivity (Wildman–Crippen MR) is 207 cm³/mol. The fourth-order valence-corrected chi connectivity index (χ4v) is 5.56. The molecule has 284 valence electrons. The van der Waals surface area contributed by atoms with E-state index in [1.54, 1.807) is 81.6 Å². The van der Waals surface area contributed by atoms with E-state index < -0.39 is 34.5 Å². The van der Waals surface area contributed by atoms with Gasteiger partial charge in [0.15, 0.2) is 0 Å². The Bertz CT molecular complexity index is 2170. The van der Waals surface area contributed by atoms with E-state index in [0.29, 0.717) is 33.6 Å². The Hall–Kier alpha value is -6.83. The van der Waals surface area contributed by atoms with Crippen LogP contribution in [0.3, 0.4) is 0 Å². The number of rotatable bonds is 14. The number of non-ortho nitro benzene ring substituents is 1. The van der Waals surface area contributed by atoms with Crippen LogP contribution in [-0.2, 0) is 43.6 Å². The summed E-state index contributed by atoms with van der Waals surface area (Å²) in [5.74, 6) is -0.951. The predicted octanol–water partition coefficient (Wildman–Crippen LogP) is 7.05. The molecule has 1 atom stereocenters. The summed E-state index contributed by atoms with van der Waals surface area (Å²) in [6, 6.07) is 28.5. The standard InChI is InChI=1S/C41H42N6O8/c1-27(48)46(25-36(49)54-26-29-9-6-5-7-10-29)24-28-13-15-31(16-14-28)37(39(50)43-23-30-11-8-12-34(21-30)47(52)53)44-33-17-18-35-32(22-33)19-20-42-38(35)45-40(51)55-41(2,3)4/h5-22,37,44H,23-26H2,1-4H3,(H,43,50)(H,42,45,51). The number of carbonyl (C=O) groups excluding carboxylic acids is 4. The van der Waals surface area contributed by atoms with Gasteiger partial charge in [0.25, 0.3) is 5.69 Å². The van der Waals surface area contributed by atoms with E-state index in [1.807, 2.05) is 36.4 Å². The molecule has 0 saturated carbocycles. The maximum Gasteiger partial charge on any atom is 0.413 e. The van der Waals surface area contributed by atoms with Gasteiger partial charge < -0.3 is 25.0 Å². The van der Waals surface area contributed by atoms with Crippen LogP contribution in [0.4, 0.5) is 22.0 Å². The van der Waals surface area contributed by atoms with Gasteiger partial charge in [0.05, 0.1) is 4.92 Å². The number of anilines is 2. The molecule has 14 nitrogen and oxygen atoms in total. The summed E-state index contributed by atoms with van der Waals surface area (Å²) in [5.41, 5.74) is 2.47. The lowest BCUT2D eigenvalue weighted by molar-refractivity contribution is -0.384. The molecule has 55 heavy (non-hydrogen) atoms. The van der Waals surface area contributed by atoms with Crippen molar-refractivity contribution >= 4 is 51.8 Å². The maximum absolute atomic E-state index is 13.8. The second kappa shape index (κ2) is 17.8. The molecule has 1 unspecified atom stereocenters. The van der Waals surface area contributed by atoms with Gasteiger partial charge in [-0.05, 0) is 72.7 Å². The average molecular weight is 747 g/mol. The van der Waals surface area contributed by atoms with Crippen molar-refractivity contribution in [2.24, 2.45) is 0 Å². The molecule has 0 bridgehead atoms. The van der Waals surface area contributed by atoms with Crippen molar-refractivity contribution in [3.63, 3.8) is 0 Å². The number of nitro groups is 1. The number of nitrogens with zero attached hydrogens (tertiary/aromatic N) is 3. The van der Waals surface area contributed by atoms with Gasteiger partial charge in [-0.1, -0.05) is 66.7 Å². The van der Waals surface area contributed by atoms with Crippen molar-refractivity contribution in [3.05, 3.63) is 142 Å². The number of benzene rings is 4. The van der Waals surface area contributed by atoms with Gasteiger partial charge in [-0.25, -0.2) is 9.78 Å². The van der Waals surface area contributed by atoms with Crippen molar-refractivity contribution < 1.29 is 33.6 Å². The number of aromatic nitrogens is 1. The van der Waals surface area contributed by atoms with E-state index in [2.05, 4.69) is 20.9 Å². The molecule has 0 radical (unpaired) electrons. The number of esters is 1. The molecule has 0 saturated heterocycles. The Labute approximate surface area is 318 Å². The molecule has 0 fully saturated rings. The van der Waals surface area contributed by atoms with Gasteiger partial charge in [0.1, 0.15) is 30.6 Å². The summed E-state index contributed by atoms with van der Waals surface area (Å²) < 4.78 is 10.8. The van der Waals surface area contributed by atoms with Gasteiger partial charge in [-0.2, -0.15) is 0 Å². The number of pyridine rings is 1. The van der Waals surface area contributed by atoms with E-state index in [0.717, 1.165) is 10.9 Å². The number of ether oxygens (including phenoxy) is 2. The first-order chi connectivity index (χ1) is 26.2. The highest BCUT2D eigenvalue weighted by molar-refractivity contribution is 5.99. The highest BCUT2D eigenvalue weighted by Gasteiger charge is 2.23. The van der Waals surface area contributed by atoms with Crippen molar-refractivity contribution in [1.29, 1.82) is 0 Å². The lowest BCUT2D eigenvalue weighted by Crippen LogP contribution is -2.34. The van der Waals surface area contributed by atoms with Crippen LogP contribution in [-0.4, -0.2) is 50.8 Å². The molecule has 5 rings (SSSR count). The first-order valence-corrected chi connectivity index (χ1v) is 17.4. The van der Waals surface area contributed by atoms with Crippen molar-refractivity contribution in [3.8, 4) is 0 Å². The molecule has 1 aromatic heterocycles. The number of nitro benzene ring substituents is 1.